The molecule has 0 aliphatic carbocycles. The maximum atomic E-state index is 15.0. The summed E-state index contributed by atoms with van der Waals surface area (Å²) in [6, 6.07) is 10.4. The molecule has 45 heavy (non-hydrogen) atoms. The second kappa shape index (κ2) is 12.2. The Bertz CT molecular complexity index is 1550. The first-order valence-corrected chi connectivity index (χ1v) is 15.1. The molecule has 1 amide bonds. The second-order valence-corrected chi connectivity index (χ2v) is 12.7. The summed E-state index contributed by atoms with van der Waals surface area (Å²) in [5.74, 6) is -1.02. The highest BCUT2D eigenvalue weighted by atomic mass is 19.1. The minimum Gasteiger partial charge on any atom is -0.504 e. The Balaban J connectivity index is 1.16. The number of morpholine rings is 1. The summed E-state index contributed by atoms with van der Waals surface area (Å²) in [7, 11) is 0. The van der Waals surface area contributed by atoms with Crippen molar-refractivity contribution in [2.75, 3.05) is 54.9 Å². The summed E-state index contributed by atoms with van der Waals surface area (Å²) in [6.45, 7) is 8.34. The van der Waals surface area contributed by atoms with Gasteiger partial charge in [0.15, 0.2) is 17.4 Å². The van der Waals surface area contributed by atoms with Crippen molar-refractivity contribution in [1.82, 2.24) is 15.1 Å². The number of carbonyl (C=O) groups is 1. The van der Waals surface area contributed by atoms with Gasteiger partial charge in [-0.2, -0.15) is 0 Å². The van der Waals surface area contributed by atoms with Crippen LogP contribution in [0, 0.1) is 11.6 Å². The molecule has 4 heterocycles. The normalized spacial score (nSPS) is 20.7. The van der Waals surface area contributed by atoms with Crippen LogP contribution in [0.1, 0.15) is 33.6 Å². The number of rotatable bonds is 5. The average molecular weight is 625 g/mol. The number of likely N-dealkylation sites (tertiary alicyclic amines) is 1. The van der Waals surface area contributed by atoms with Crippen LogP contribution in [0.15, 0.2) is 42.5 Å². The van der Waals surface area contributed by atoms with Crippen LogP contribution in [0.4, 0.5) is 30.8 Å². The summed E-state index contributed by atoms with van der Waals surface area (Å²) in [5, 5.41) is 18.4. The van der Waals surface area contributed by atoms with Crippen LogP contribution in [-0.2, 0) is 9.47 Å². The third-order valence-electron chi connectivity index (χ3n) is 8.22. The molecule has 3 fully saturated rings. The van der Waals surface area contributed by atoms with E-state index < -0.39 is 23.0 Å². The highest BCUT2D eigenvalue weighted by Crippen LogP contribution is 2.37. The number of carbonyl (C=O) groups excluding carboxylic acids is 1. The van der Waals surface area contributed by atoms with Gasteiger partial charge < -0.3 is 39.8 Å². The number of nitrogens with two attached hydrogens (primary N) is 1. The van der Waals surface area contributed by atoms with Gasteiger partial charge in [0, 0.05) is 62.4 Å². The van der Waals surface area contributed by atoms with E-state index in [-0.39, 0.29) is 35.7 Å². The number of nitrogens with zero attached hydrogens (tertiary/aromatic N) is 5. The molecular weight excluding hydrogens is 586 g/mol. The third kappa shape index (κ3) is 6.68. The number of aromatic nitrogens is 2. The summed E-state index contributed by atoms with van der Waals surface area (Å²) in [6.07, 6.45) is 0.723. The number of para-hydroxylation sites is 1. The number of anilines is 3. The fraction of sp³-hybridized carbons (Fsp3) is 0.469. The lowest BCUT2D eigenvalue weighted by molar-refractivity contribution is 0.0126. The lowest BCUT2D eigenvalue weighted by Gasteiger charge is -2.51. The van der Waals surface area contributed by atoms with Gasteiger partial charge in [-0.05, 0) is 45.0 Å². The fourth-order valence-electron chi connectivity index (χ4n) is 6.22. The van der Waals surface area contributed by atoms with Gasteiger partial charge in [-0.1, -0.05) is 6.07 Å². The predicted molar refractivity (Wildman–Crippen MR) is 164 cm³/mol. The molecule has 3 saturated heterocycles. The quantitative estimate of drug-likeness (QED) is 0.417. The van der Waals surface area contributed by atoms with Gasteiger partial charge in [0.25, 0.3) is 0 Å². The van der Waals surface area contributed by atoms with Crippen LogP contribution < -0.4 is 20.3 Å². The Morgan fingerprint density at radius 3 is 2.44 bits per heavy atom. The van der Waals surface area contributed by atoms with Crippen molar-refractivity contribution < 1.29 is 32.9 Å². The molecular formula is C32H38F2N6O5. The first-order valence-electron chi connectivity index (χ1n) is 15.1. The molecule has 3 N–H and O–H groups in total. The zero-order valence-corrected chi connectivity index (χ0v) is 25.6. The van der Waals surface area contributed by atoms with Crippen molar-refractivity contribution in [3.63, 3.8) is 0 Å². The van der Waals surface area contributed by atoms with Crippen LogP contribution in [-0.4, -0.2) is 89.5 Å². The smallest absolute Gasteiger partial charge is 0.410 e. The minimum atomic E-state index is -0.752. The van der Waals surface area contributed by atoms with Crippen molar-refractivity contribution in [3.05, 3.63) is 54.1 Å². The number of nitrogen functional groups attached to an aromatic ring is 1. The number of halogens is 2. The summed E-state index contributed by atoms with van der Waals surface area (Å²) >= 11 is 0. The molecule has 0 spiro atoms. The number of piperidine rings is 1. The fourth-order valence-corrected chi connectivity index (χ4v) is 6.22. The zero-order chi connectivity index (χ0) is 31.9. The molecule has 13 heteroatoms. The molecule has 0 saturated carbocycles. The molecule has 240 valence electrons. The molecule has 11 nitrogen and oxygen atoms in total. The van der Waals surface area contributed by atoms with E-state index in [0.717, 1.165) is 0 Å². The number of hydrogen-bond donors (Lipinski definition) is 2. The number of ether oxygens (including phenoxy) is 3. The molecule has 0 unspecified atom stereocenters. The van der Waals surface area contributed by atoms with Crippen molar-refractivity contribution in [2.45, 2.75) is 57.4 Å². The first-order chi connectivity index (χ1) is 21.4. The first kappa shape index (κ1) is 30.6. The maximum absolute atomic E-state index is 15.0. The Labute approximate surface area is 260 Å². The molecule has 1 aromatic heterocycles. The molecule has 0 radical (unpaired) electrons. The minimum absolute atomic E-state index is 0.136. The second-order valence-electron chi connectivity index (χ2n) is 12.7. The van der Waals surface area contributed by atoms with Crippen LogP contribution in [0.5, 0.6) is 11.5 Å². The van der Waals surface area contributed by atoms with Crippen molar-refractivity contribution in [2.24, 2.45) is 0 Å². The van der Waals surface area contributed by atoms with Crippen LogP contribution in [0.3, 0.4) is 0 Å². The number of aromatic hydroxyl groups is 1. The van der Waals surface area contributed by atoms with Crippen LogP contribution in [0.25, 0.3) is 11.3 Å². The topological polar surface area (TPSA) is 127 Å². The number of hydrogen-bond acceptors (Lipinski definition) is 10. The highest BCUT2D eigenvalue weighted by Gasteiger charge is 2.39. The number of amides is 1. The summed E-state index contributed by atoms with van der Waals surface area (Å²) in [5.41, 5.74) is 7.51. The zero-order valence-electron chi connectivity index (χ0n) is 25.6. The van der Waals surface area contributed by atoms with E-state index in [1.54, 1.807) is 17.0 Å². The van der Waals surface area contributed by atoms with Gasteiger partial charge in [0.05, 0.1) is 36.7 Å². The number of phenols is 1. The molecule has 2 bridgehead atoms. The van der Waals surface area contributed by atoms with Crippen molar-refractivity contribution in [1.29, 1.82) is 0 Å². The van der Waals surface area contributed by atoms with E-state index in [1.807, 2.05) is 26.8 Å². The van der Waals surface area contributed by atoms with Gasteiger partial charge in [-0.15, -0.1) is 10.2 Å². The van der Waals surface area contributed by atoms with Gasteiger partial charge >= 0.3 is 6.09 Å². The predicted octanol–water partition coefficient (Wildman–Crippen LogP) is 4.58. The van der Waals surface area contributed by atoms with Crippen molar-refractivity contribution in [3.8, 4) is 22.8 Å². The number of benzene rings is 2. The van der Waals surface area contributed by atoms with Gasteiger partial charge in [0.1, 0.15) is 23.3 Å². The van der Waals surface area contributed by atoms with E-state index in [1.165, 1.54) is 24.3 Å². The third-order valence-corrected chi connectivity index (χ3v) is 8.22. The largest absolute Gasteiger partial charge is 0.504 e. The molecule has 2 atom stereocenters. The van der Waals surface area contributed by atoms with Crippen molar-refractivity contribution >= 4 is 23.3 Å². The number of phenolic OH excluding ortho intramolecular Hbond substituents is 1. The molecule has 3 aliphatic heterocycles. The summed E-state index contributed by atoms with van der Waals surface area (Å²) < 4.78 is 46.6. The van der Waals surface area contributed by atoms with Crippen LogP contribution in [0.2, 0.25) is 0 Å². The van der Waals surface area contributed by atoms with E-state index in [4.69, 9.17) is 19.9 Å². The Hall–Kier alpha value is -4.39. The maximum Gasteiger partial charge on any atom is 0.410 e. The molecule has 6 rings (SSSR count). The molecule has 3 aliphatic rings. The van der Waals surface area contributed by atoms with E-state index in [2.05, 4.69) is 20.0 Å². The standard InChI is InChI=1S/C32H38F2N6O5/c1-32(2,3)45-31(42)38-9-7-23(8-10-38)44-24-12-19(33)11-20(13-24)40-21-15-39(16-22(40)18-43-17-21)28-14-27(36-37-30(28)35)25-5-4-6-26(34)29(25)41/h4-6,11-14,21-23,41H,7-10,15-18H2,1-3H3,(H2,35,37)/t21-,22+. The number of fused-ring (bicyclic) bond motifs is 2. The van der Waals surface area contributed by atoms with E-state index in [0.29, 0.717) is 75.1 Å². The Kier molecular flexibility index (Phi) is 8.29. The van der Waals surface area contributed by atoms with Gasteiger partial charge in [-0.3, -0.25) is 0 Å². The molecule has 2 aromatic carbocycles. The molecule has 3 aromatic rings. The highest BCUT2D eigenvalue weighted by molar-refractivity contribution is 5.74. The Morgan fingerprint density at radius 2 is 1.76 bits per heavy atom. The van der Waals surface area contributed by atoms with Gasteiger partial charge in [0.2, 0.25) is 0 Å². The van der Waals surface area contributed by atoms with E-state index in [9.17, 15) is 14.3 Å². The Morgan fingerprint density at radius 1 is 1.04 bits per heavy atom. The lowest BCUT2D eigenvalue weighted by atomic mass is 10.0. The number of piperazine rings is 1. The monoisotopic (exact) mass is 624 g/mol. The van der Waals surface area contributed by atoms with E-state index >= 15 is 4.39 Å². The van der Waals surface area contributed by atoms with Crippen LogP contribution >= 0.6 is 0 Å². The van der Waals surface area contributed by atoms with Gasteiger partial charge in [-0.25, -0.2) is 13.6 Å². The average Bonchev–Trinajstić information content (AvgIpc) is 2.97. The SMILES string of the molecule is CC(C)(C)OC(=O)N1CCC(Oc2cc(F)cc(N3[C@@H]4COC[C@H]3CN(c3cc(-c5cccc(F)c5O)nnc3N)C4)c2)CC1. The summed E-state index contributed by atoms with van der Waals surface area (Å²) in [4.78, 5) is 18.4. The lowest BCUT2D eigenvalue weighted by Crippen LogP contribution is -2.65.